The number of alkyl halides is 2. The summed E-state index contributed by atoms with van der Waals surface area (Å²) in [5.41, 5.74) is 0. The van der Waals surface area contributed by atoms with E-state index in [1.54, 1.807) is 0 Å². The molecule has 0 aromatic rings. The van der Waals surface area contributed by atoms with Crippen molar-refractivity contribution in [2.45, 2.75) is 39.6 Å². The summed E-state index contributed by atoms with van der Waals surface area (Å²) < 4.78 is 0. The van der Waals surface area contributed by atoms with Crippen molar-refractivity contribution in [3.8, 4) is 0 Å². The van der Waals surface area contributed by atoms with Crippen LogP contribution in [0.15, 0.2) is 0 Å². The Kier molecular flexibility index (Phi) is 1.96. The monoisotopic (exact) mass is 270 g/mol. The summed E-state index contributed by atoms with van der Waals surface area (Å²) in [6.45, 7) is 0. The number of halogens is 2. The number of rotatable bonds is 0. The molecule has 0 aromatic carbocycles. The fourth-order valence-electron chi connectivity index (χ4n) is 3.05. The molecule has 4 bridgehead atoms. The van der Waals surface area contributed by atoms with Crippen molar-refractivity contribution in [3.05, 3.63) is 0 Å². The Morgan fingerprint density at radius 3 is 1.75 bits per heavy atom. The zero-order valence-electron chi connectivity index (χ0n) is 6.75. The van der Waals surface area contributed by atoms with E-state index in [1.165, 1.54) is 19.3 Å². The fourth-order valence-corrected chi connectivity index (χ4v) is 8.29. The molecule has 0 radical (unpaired) electrons. The molecule has 4 rings (SSSR count). The zero-order valence-corrected chi connectivity index (χ0v) is 9.97. The van der Waals surface area contributed by atoms with Gasteiger partial charge in [0.05, 0.1) is 0 Å². The van der Waals surface area contributed by atoms with Gasteiger partial charge in [-0.15, -0.1) is 0 Å². The SMILES string of the molecule is Cl[C@@H]1C2CC3CC1[Se]C(C2)[C@@H]3Cl. The van der Waals surface area contributed by atoms with Crippen molar-refractivity contribution < 1.29 is 0 Å². The molecule has 6 atom stereocenters. The molecule has 2 heterocycles. The molecule has 2 saturated heterocycles. The van der Waals surface area contributed by atoms with Gasteiger partial charge in [0, 0.05) is 0 Å². The Bertz CT molecular complexity index is 159. The van der Waals surface area contributed by atoms with Crippen molar-refractivity contribution in [3.63, 3.8) is 0 Å². The van der Waals surface area contributed by atoms with Gasteiger partial charge in [-0.1, -0.05) is 0 Å². The average molecular weight is 270 g/mol. The molecule has 68 valence electrons. The van der Waals surface area contributed by atoms with E-state index in [-0.39, 0.29) is 0 Å². The first-order chi connectivity index (χ1) is 5.75. The zero-order chi connectivity index (χ0) is 8.29. The van der Waals surface area contributed by atoms with Gasteiger partial charge in [-0.25, -0.2) is 0 Å². The third kappa shape index (κ3) is 1.03. The molecule has 0 spiro atoms. The molecule has 12 heavy (non-hydrogen) atoms. The first-order valence-electron chi connectivity index (χ1n) is 4.69. The molecule has 4 unspecified atom stereocenters. The second-order valence-corrected chi connectivity index (χ2v) is 8.45. The average Bonchev–Trinajstić information content (AvgIpc) is 2.02. The van der Waals surface area contributed by atoms with Crippen LogP contribution in [-0.2, 0) is 0 Å². The van der Waals surface area contributed by atoms with Crippen LogP contribution in [0.25, 0.3) is 0 Å². The third-order valence-electron chi connectivity index (χ3n) is 3.64. The van der Waals surface area contributed by atoms with E-state index in [2.05, 4.69) is 0 Å². The van der Waals surface area contributed by atoms with Crippen molar-refractivity contribution in [2.75, 3.05) is 0 Å². The number of hydrogen-bond donors (Lipinski definition) is 0. The second kappa shape index (κ2) is 2.79. The normalized spacial score (nSPS) is 62.5. The van der Waals surface area contributed by atoms with Crippen molar-refractivity contribution >= 4 is 38.2 Å². The van der Waals surface area contributed by atoms with Gasteiger partial charge in [0.25, 0.3) is 0 Å². The molecule has 2 aliphatic carbocycles. The van der Waals surface area contributed by atoms with Crippen molar-refractivity contribution in [1.29, 1.82) is 0 Å². The summed E-state index contributed by atoms with van der Waals surface area (Å²) in [6.07, 6.45) is 4.01. The molecule has 3 heteroatoms. The van der Waals surface area contributed by atoms with Crippen LogP contribution in [0.2, 0.25) is 9.63 Å². The van der Waals surface area contributed by atoms with Crippen LogP contribution >= 0.6 is 23.2 Å². The fraction of sp³-hybridized carbons (Fsp3) is 1.00. The Balaban J connectivity index is 1.91. The topological polar surface area (TPSA) is 0 Å². The Labute approximate surface area is 89.5 Å². The summed E-state index contributed by atoms with van der Waals surface area (Å²) in [5, 5.41) is 1.03. The van der Waals surface area contributed by atoms with Crippen LogP contribution < -0.4 is 0 Å². The standard InChI is InChI=1S/C9H12Cl2Se/c10-8-4-1-5-3-7(8)12-6(2-4)9(5)11/h4-9H,1-3H2/t4?,5?,6?,7?,8-,9-/m1/s1. The summed E-state index contributed by atoms with van der Waals surface area (Å²) >= 11 is 13.5. The van der Waals surface area contributed by atoms with E-state index in [4.69, 9.17) is 23.2 Å². The van der Waals surface area contributed by atoms with E-state index in [0.717, 1.165) is 36.4 Å². The van der Waals surface area contributed by atoms with Crippen LogP contribution in [0.4, 0.5) is 0 Å². The van der Waals surface area contributed by atoms with E-state index in [9.17, 15) is 0 Å². The summed E-state index contributed by atoms with van der Waals surface area (Å²) in [4.78, 5) is 1.74. The van der Waals surface area contributed by atoms with Gasteiger partial charge in [0.1, 0.15) is 0 Å². The molecular formula is C9H12Cl2Se. The molecular weight excluding hydrogens is 258 g/mol. The van der Waals surface area contributed by atoms with Crippen LogP contribution in [0.1, 0.15) is 19.3 Å². The summed E-state index contributed by atoms with van der Waals surface area (Å²) in [6, 6.07) is 0. The van der Waals surface area contributed by atoms with Gasteiger partial charge >= 0.3 is 89.6 Å². The van der Waals surface area contributed by atoms with E-state index < -0.39 is 0 Å². The Hall–Kier alpha value is 1.10. The molecule has 0 amide bonds. The van der Waals surface area contributed by atoms with E-state index in [1.807, 2.05) is 0 Å². The molecule has 0 nitrogen and oxygen atoms in total. The van der Waals surface area contributed by atoms with Gasteiger partial charge in [-0.3, -0.25) is 0 Å². The van der Waals surface area contributed by atoms with E-state index in [0.29, 0.717) is 10.8 Å². The molecule has 2 aliphatic heterocycles. The first kappa shape index (κ1) is 8.41. The summed E-state index contributed by atoms with van der Waals surface area (Å²) in [7, 11) is 0. The minimum absolute atomic E-state index is 0.515. The van der Waals surface area contributed by atoms with Gasteiger partial charge < -0.3 is 0 Å². The van der Waals surface area contributed by atoms with Crippen LogP contribution in [-0.4, -0.2) is 25.7 Å². The maximum absolute atomic E-state index is 6.39. The van der Waals surface area contributed by atoms with Gasteiger partial charge in [0.15, 0.2) is 0 Å². The minimum atomic E-state index is 0.515. The molecule has 0 N–H and O–H groups in total. The molecule has 2 saturated carbocycles. The van der Waals surface area contributed by atoms with Crippen LogP contribution in [0.3, 0.4) is 0 Å². The second-order valence-electron chi connectivity index (χ2n) is 4.33. The van der Waals surface area contributed by atoms with E-state index >= 15 is 0 Å². The molecule has 0 aromatic heterocycles. The van der Waals surface area contributed by atoms with Gasteiger partial charge in [0.2, 0.25) is 0 Å². The van der Waals surface area contributed by atoms with Crippen LogP contribution in [0, 0.1) is 11.8 Å². The predicted octanol–water partition coefficient (Wildman–Crippen LogP) is 2.93. The van der Waals surface area contributed by atoms with Crippen molar-refractivity contribution in [2.24, 2.45) is 11.8 Å². The summed E-state index contributed by atoms with van der Waals surface area (Å²) in [5.74, 6) is 1.65. The maximum atomic E-state index is 6.39. The van der Waals surface area contributed by atoms with Gasteiger partial charge in [-0.2, -0.15) is 0 Å². The van der Waals surface area contributed by atoms with Crippen LogP contribution in [0.5, 0.6) is 0 Å². The first-order valence-corrected chi connectivity index (χ1v) is 7.54. The molecule has 4 fully saturated rings. The third-order valence-corrected chi connectivity index (χ3v) is 9.14. The molecule has 4 aliphatic rings. The predicted molar refractivity (Wildman–Crippen MR) is 53.4 cm³/mol. The van der Waals surface area contributed by atoms with Crippen molar-refractivity contribution in [1.82, 2.24) is 0 Å². The Morgan fingerprint density at radius 2 is 1.33 bits per heavy atom. The Morgan fingerprint density at radius 1 is 0.833 bits per heavy atom. The number of hydrogen-bond acceptors (Lipinski definition) is 0. The quantitative estimate of drug-likeness (QED) is 0.469. The van der Waals surface area contributed by atoms with Gasteiger partial charge in [-0.05, 0) is 0 Å².